The Morgan fingerprint density at radius 2 is 2.14 bits per heavy atom. The zero-order valence-electron chi connectivity index (χ0n) is 12.5. The second-order valence-corrected chi connectivity index (χ2v) is 6.44. The molecule has 3 unspecified atom stereocenters. The lowest BCUT2D eigenvalue weighted by atomic mass is 9.83. The zero-order valence-corrected chi connectivity index (χ0v) is 12.5. The lowest BCUT2D eigenvalue weighted by Gasteiger charge is -2.47. The number of hydrogen-bond donors (Lipinski definition) is 0. The Kier molecular flexibility index (Phi) is 4.15. The van der Waals surface area contributed by atoms with Crippen LogP contribution in [0.3, 0.4) is 0 Å². The first-order chi connectivity index (χ1) is 10.1. The van der Waals surface area contributed by atoms with Crippen LogP contribution in [-0.2, 0) is 14.3 Å². The fourth-order valence-electron chi connectivity index (χ4n) is 3.79. The van der Waals surface area contributed by atoms with Crippen molar-refractivity contribution in [2.24, 2.45) is 5.92 Å². The lowest BCUT2D eigenvalue weighted by Crippen LogP contribution is -2.57. The molecule has 1 saturated carbocycles. The Labute approximate surface area is 124 Å². The second-order valence-electron chi connectivity index (χ2n) is 6.44. The van der Waals surface area contributed by atoms with Crippen molar-refractivity contribution >= 4 is 11.9 Å². The smallest absolute Gasteiger partial charge is 0.341 e. The summed E-state index contributed by atoms with van der Waals surface area (Å²) in [4.78, 5) is 27.4. The Bertz CT molecular complexity index is 427. The third-order valence-electron chi connectivity index (χ3n) is 4.97. The van der Waals surface area contributed by atoms with Crippen LogP contribution in [0.2, 0.25) is 0 Å². The molecule has 2 saturated heterocycles. The summed E-state index contributed by atoms with van der Waals surface area (Å²) in [5, 5.41) is 0. The van der Waals surface area contributed by atoms with Crippen LogP contribution in [0.4, 0.5) is 4.39 Å². The number of ether oxygens (including phenoxy) is 1. The monoisotopic (exact) mass is 298 g/mol. The Balaban J connectivity index is 1.58. The Hall–Kier alpha value is -1.17. The molecule has 3 fully saturated rings. The van der Waals surface area contributed by atoms with E-state index in [-0.39, 0.29) is 6.54 Å². The Morgan fingerprint density at radius 1 is 1.38 bits per heavy atom. The van der Waals surface area contributed by atoms with E-state index in [1.807, 2.05) is 4.90 Å². The number of amides is 1. The van der Waals surface area contributed by atoms with E-state index in [4.69, 9.17) is 0 Å². The fraction of sp³-hybridized carbons (Fsp3) is 0.867. The minimum atomic E-state index is -1.57. The van der Waals surface area contributed by atoms with Gasteiger partial charge < -0.3 is 9.64 Å². The molecule has 0 N–H and O–H groups in total. The van der Waals surface area contributed by atoms with Crippen LogP contribution >= 0.6 is 0 Å². The number of hydrogen-bond acceptors (Lipinski definition) is 4. The summed E-state index contributed by atoms with van der Waals surface area (Å²) in [5.41, 5.74) is 0. The van der Waals surface area contributed by atoms with E-state index >= 15 is 0 Å². The van der Waals surface area contributed by atoms with Crippen molar-refractivity contribution in [1.29, 1.82) is 0 Å². The van der Waals surface area contributed by atoms with Gasteiger partial charge in [0.2, 0.25) is 12.1 Å². The molecular formula is C15H23FN2O3. The quantitative estimate of drug-likeness (QED) is 0.726. The average Bonchev–Trinajstić information content (AvgIpc) is 3.31. The van der Waals surface area contributed by atoms with Gasteiger partial charge in [0.25, 0.3) is 0 Å². The van der Waals surface area contributed by atoms with Gasteiger partial charge in [-0.05, 0) is 31.6 Å². The van der Waals surface area contributed by atoms with Crippen molar-refractivity contribution < 1.29 is 18.7 Å². The number of fused-ring (bicyclic) bond motifs is 1. The number of methoxy groups -OCH3 is 1. The largest absolute Gasteiger partial charge is 0.467 e. The van der Waals surface area contributed by atoms with Crippen molar-refractivity contribution in [1.82, 2.24) is 9.80 Å². The number of nitrogens with zero attached hydrogens (tertiary/aromatic N) is 2. The molecule has 0 radical (unpaired) electrons. The third kappa shape index (κ3) is 3.05. The molecular weight excluding hydrogens is 275 g/mol. The first kappa shape index (κ1) is 14.8. The summed E-state index contributed by atoms with van der Waals surface area (Å²) in [7, 11) is 1.21. The van der Waals surface area contributed by atoms with Gasteiger partial charge in [-0.2, -0.15) is 0 Å². The van der Waals surface area contributed by atoms with Gasteiger partial charge in [0, 0.05) is 38.1 Å². The number of piperidine rings is 2. The van der Waals surface area contributed by atoms with E-state index < -0.39 is 12.1 Å². The summed E-state index contributed by atoms with van der Waals surface area (Å²) in [6.07, 6.45) is 3.08. The minimum absolute atomic E-state index is 0.104. The highest BCUT2D eigenvalue weighted by Crippen LogP contribution is 2.38. The van der Waals surface area contributed by atoms with E-state index in [1.165, 1.54) is 7.11 Å². The third-order valence-corrected chi connectivity index (χ3v) is 4.97. The summed E-state index contributed by atoms with van der Waals surface area (Å²) in [6, 6.07) is 0.784. The molecule has 21 heavy (non-hydrogen) atoms. The predicted octanol–water partition coefficient (Wildman–Crippen LogP) is 0.973. The molecule has 6 heteroatoms. The van der Waals surface area contributed by atoms with E-state index in [1.54, 1.807) is 0 Å². The molecule has 5 nitrogen and oxygen atoms in total. The molecule has 1 amide bonds. The maximum absolute atomic E-state index is 13.7. The van der Waals surface area contributed by atoms with E-state index in [9.17, 15) is 14.0 Å². The van der Waals surface area contributed by atoms with Gasteiger partial charge >= 0.3 is 5.97 Å². The number of likely N-dealkylation sites (tertiary alicyclic amines) is 2. The predicted molar refractivity (Wildman–Crippen MR) is 74.3 cm³/mol. The first-order valence-electron chi connectivity index (χ1n) is 7.85. The van der Waals surface area contributed by atoms with Gasteiger partial charge in [-0.1, -0.05) is 0 Å². The van der Waals surface area contributed by atoms with Gasteiger partial charge in [-0.25, -0.2) is 9.18 Å². The fourth-order valence-corrected chi connectivity index (χ4v) is 3.79. The van der Waals surface area contributed by atoms with Gasteiger partial charge in [0.1, 0.15) is 0 Å². The number of alkyl halides is 1. The van der Waals surface area contributed by atoms with Gasteiger partial charge in [-0.15, -0.1) is 0 Å². The molecule has 0 spiro atoms. The summed E-state index contributed by atoms with van der Waals surface area (Å²) in [5.74, 6) is -0.0809. The summed E-state index contributed by atoms with van der Waals surface area (Å²) >= 11 is 0. The molecule has 118 valence electrons. The van der Waals surface area contributed by atoms with Crippen molar-refractivity contribution in [3.05, 3.63) is 0 Å². The normalized spacial score (nSPS) is 31.7. The lowest BCUT2D eigenvalue weighted by molar-refractivity contribution is -0.148. The van der Waals surface area contributed by atoms with Crippen LogP contribution in [-0.4, -0.2) is 66.7 Å². The van der Waals surface area contributed by atoms with Crippen LogP contribution in [0, 0.1) is 5.92 Å². The van der Waals surface area contributed by atoms with E-state index in [0.717, 1.165) is 38.8 Å². The van der Waals surface area contributed by atoms with E-state index in [2.05, 4.69) is 9.64 Å². The molecule has 3 aliphatic rings. The van der Waals surface area contributed by atoms with Crippen molar-refractivity contribution in [3.63, 3.8) is 0 Å². The number of halogens is 1. The van der Waals surface area contributed by atoms with Gasteiger partial charge in [0.15, 0.2) is 0 Å². The van der Waals surface area contributed by atoms with Crippen LogP contribution in [0.1, 0.15) is 32.1 Å². The van der Waals surface area contributed by atoms with Crippen molar-refractivity contribution in [2.45, 2.75) is 50.4 Å². The molecule has 3 rings (SSSR count). The maximum atomic E-state index is 13.7. The molecule has 1 aliphatic carbocycles. The zero-order chi connectivity index (χ0) is 15.0. The minimum Gasteiger partial charge on any atom is -0.467 e. The molecule has 0 aromatic heterocycles. The molecule has 2 aliphatic heterocycles. The van der Waals surface area contributed by atoms with Crippen molar-refractivity contribution in [3.8, 4) is 0 Å². The summed E-state index contributed by atoms with van der Waals surface area (Å²) in [6.45, 7) is 1.63. The van der Waals surface area contributed by atoms with Crippen molar-refractivity contribution in [2.75, 3.05) is 26.7 Å². The molecule has 0 aromatic rings. The van der Waals surface area contributed by atoms with Crippen LogP contribution < -0.4 is 0 Å². The molecule has 0 bridgehead atoms. The van der Waals surface area contributed by atoms with Crippen LogP contribution in [0.25, 0.3) is 0 Å². The number of rotatable bonds is 4. The highest BCUT2D eigenvalue weighted by atomic mass is 19.1. The molecule has 2 heterocycles. The van der Waals surface area contributed by atoms with E-state index in [0.29, 0.717) is 30.3 Å². The number of carbonyl (C=O) groups excluding carboxylic acids is 2. The topological polar surface area (TPSA) is 49.9 Å². The van der Waals surface area contributed by atoms with Crippen LogP contribution in [0.15, 0.2) is 0 Å². The molecule has 0 aromatic carbocycles. The number of carbonyl (C=O) groups is 2. The number of esters is 1. The van der Waals surface area contributed by atoms with Crippen LogP contribution in [0.5, 0.6) is 0 Å². The SMILES string of the molecule is COC(=O)C(F)CN1CCC2C(CCC(=O)N2C2CC2)C1. The van der Waals surface area contributed by atoms with Gasteiger partial charge in [-0.3, -0.25) is 9.69 Å². The standard InChI is InChI=1S/C15H23FN2O3/c1-21-15(20)12(16)9-17-7-6-13-10(8-17)2-5-14(19)18(13)11-3-4-11/h10-13H,2-9H2,1H3. The highest BCUT2D eigenvalue weighted by Gasteiger charge is 2.45. The van der Waals surface area contributed by atoms with Gasteiger partial charge in [0.05, 0.1) is 7.11 Å². The Morgan fingerprint density at radius 3 is 2.81 bits per heavy atom. The average molecular weight is 298 g/mol. The highest BCUT2D eigenvalue weighted by molar-refractivity contribution is 5.78. The maximum Gasteiger partial charge on any atom is 0.341 e. The molecule has 3 atom stereocenters. The second kappa shape index (κ2) is 5.91. The first-order valence-corrected chi connectivity index (χ1v) is 7.85. The summed E-state index contributed by atoms with van der Waals surface area (Å²) < 4.78 is 18.1.